The van der Waals surface area contributed by atoms with Gasteiger partial charge in [0.2, 0.25) is 0 Å². The Labute approximate surface area is 158 Å². The summed E-state index contributed by atoms with van der Waals surface area (Å²) in [6.07, 6.45) is 4.12. The molecule has 0 saturated carbocycles. The highest BCUT2D eigenvalue weighted by Gasteiger charge is 2.13. The maximum absolute atomic E-state index is 12.6. The van der Waals surface area contributed by atoms with Gasteiger partial charge >= 0.3 is 0 Å². The SMILES string of the molecule is O=C(Nc1ccc(N2CCCC2)nc1)c1cccc(Oc2ccccc2)c1. The molecule has 1 amide bonds. The maximum atomic E-state index is 12.6. The molecular weight excluding hydrogens is 338 g/mol. The third-order valence-corrected chi connectivity index (χ3v) is 4.51. The van der Waals surface area contributed by atoms with Gasteiger partial charge in [-0.2, -0.15) is 0 Å². The average molecular weight is 359 g/mol. The van der Waals surface area contributed by atoms with Crippen LogP contribution in [0, 0.1) is 0 Å². The van der Waals surface area contributed by atoms with Crippen LogP contribution in [0.2, 0.25) is 0 Å². The van der Waals surface area contributed by atoms with Crippen LogP contribution in [0.1, 0.15) is 23.2 Å². The zero-order chi connectivity index (χ0) is 18.5. The molecule has 2 aromatic carbocycles. The number of aromatic nitrogens is 1. The van der Waals surface area contributed by atoms with Gasteiger partial charge in [-0.25, -0.2) is 4.98 Å². The zero-order valence-electron chi connectivity index (χ0n) is 15.0. The van der Waals surface area contributed by atoms with Crippen LogP contribution < -0.4 is 15.0 Å². The molecule has 5 heteroatoms. The quantitative estimate of drug-likeness (QED) is 0.716. The van der Waals surface area contributed by atoms with Crippen molar-refractivity contribution in [2.45, 2.75) is 12.8 Å². The van der Waals surface area contributed by atoms with E-state index in [0.717, 1.165) is 24.7 Å². The summed E-state index contributed by atoms with van der Waals surface area (Å²) >= 11 is 0. The first-order valence-electron chi connectivity index (χ1n) is 9.13. The number of ether oxygens (including phenoxy) is 1. The smallest absolute Gasteiger partial charge is 0.255 e. The summed E-state index contributed by atoms with van der Waals surface area (Å²) in [5, 5.41) is 2.89. The summed E-state index contributed by atoms with van der Waals surface area (Å²) in [5.41, 5.74) is 1.21. The van der Waals surface area contributed by atoms with E-state index in [0.29, 0.717) is 17.0 Å². The highest BCUT2D eigenvalue weighted by Crippen LogP contribution is 2.23. The number of hydrogen-bond donors (Lipinski definition) is 1. The van der Waals surface area contributed by atoms with Crippen LogP contribution in [0.4, 0.5) is 11.5 Å². The predicted octanol–water partition coefficient (Wildman–Crippen LogP) is 4.73. The molecule has 0 spiro atoms. The minimum absolute atomic E-state index is 0.191. The van der Waals surface area contributed by atoms with Crippen molar-refractivity contribution in [1.29, 1.82) is 0 Å². The highest BCUT2D eigenvalue weighted by atomic mass is 16.5. The Hall–Kier alpha value is -3.34. The fraction of sp³-hybridized carbons (Fsp3) is 0.182. The van der Waals surface area contributed by atoms with Gasteiger partial charge in [0.25, 0.3) is 5.91 Å². The van der Waals surface area contributed by atoms with E-state index < -0.39 is 0 Å². The number of carbonyl (C=O) groups excluding carboxylic acids is 1. The number of nitrogens with zero attached hydrogens (tertiary/aromatic N) is 2. The van der Waals surface area contributed by atoms with Crippen molar-refractivity contribution in [3.8, 4) is 11.5 Å². The fourth-order valence-corrected chi connectivity index (χ4v) is 3.12. The number of pyridine rings is 1. The number of benzene rings is 2. The van der Waals surface area contributed by atoms with Crippen LogP contribution in [-0.4, -0.2) is 24.0 Å². The van der Waals surface area contributed by atoms with Crippen LogP contribution in [0.5, 0.6) is 11.5 Å². The second kappa shape index (κ2) is 7.91. The molecule has 1 saturated heterocycles. The first kappa shape index (κ1) is 17.1. The molecule has 1 aliphatic heterocycles. The number of anilines is 2. The molecule has 4 rings (SSSR count). The monoisotopic (exact) mass is 359 g/mol. The second-order valence-corrected chi connectivity index (χ2v) is 6.50. The zero-order valence-corrected chi connectivity index (χ0v) is 15.0. The lowest BCUT2D eigenvalue weighted by Gasteiger charge is -2.16. The molecule has 1 N–H and O–H groups in total. The average Bonchev–Trinajstić information content (AvgIpc) is 3.24. The molecule has 5 nitrogen and oxygen atoms in total. The number of para-hydroxylation sites is 1. The van der Waals surface area contributed by atoms with Crippen molar-refractivity contribution in [2.24, 2.45) is 0 Å². The minimum atomic E-state index is -0.191. The van der Waals surface area contributed by atoms with Crippen LogP contribution in [0.3, 0.4) is 0 Å². The third-order valence-electron chi connectivity index (χ3n) is 4.51. The molecule has 0 aliphatic carbocycles. The molecule has 1 aliphatic rings. The Morgan fingerprint density at radius 2 is 1.70 bits per heavy atom. The normalized spacial score (nSPS) is 13.4. The lowest BCUT2D eigenvalue weighted by molar-refractivity contribution is 0.102. The van der Waals surface area contributed by atoms with Gasteiger partial charge in [0.05, 0.1) is 11.9 Å². The van der Waals surface area contributed by atoms with Gasteiger partial charge in [-0.1, -0.05) is 24.3 Å². The third kappa shape index (κ3) is 4.26. The molecule has 1 aromatic heterocycles. The number of nitrogens with one attached hydrogen (secondary N) is 1. The maximum Gasteiger partial charge on any atom is 0.255 e. The summed E-state index contributed by atoms with van der Waals surface area (Å²) in [6, 6.07) is 20.5. The summed E-state index contributed by atoms with van der Waals surface area (Å²) < 4.78 is 5.79. The van der Waals surface area contributed by atoms with Crippen molar-refractivity contribution in [3.63, 3.8) is 0 Å². The molecule has 0 unspecified atom stereocenters. The van der Waals surface area contributed by atoms with Crippen LogP contribution in [0.15, 0.2) is 72.9 Å². The van der Waals surface area contributed by atoms with Gasteiger partial charge in [0.15, 0.2) is 0 Å². The van der Waals surface area contributed by atoms with Crippen molar-refractivity contribution < 1.29 is 9.53 Å². The summed E-state index contributed by atoms with van der Waals surface area (Å²) in [5.74, 6) is 2.13. The van der Waals surface area contributed by atoms with Crippen LogP contribution >= 0.6 is 0 Å². The first-order valence-corrected chi connectivity index (χ1v) is 9.13. The molecule has 27 heavy (non-hydrogen) atoms. The van der Waals surface area contributed by atoms with Gasteiger partial charge in [-0.05, 0) is 55.3 Å². The summed E-state index contributed by atoms with van der Waals surface area (Å²) in [6.45, 7) is 2.10. The van der Waals surface area contributed by atoms with Gasteiger partial charge in [0.1, 0.15) is 17.3 Å². The Kier molecular flexibility index (Phi) is 5.01. The molecular formula is C22H21N3O2. The van der Waals surface area contributed by atoms with Gasteiger partial charge in [-0.15, -0.1) is 0 Å². The van der Waals surface area contributed by atoms with Gasteiger partial charge in [-0.3, -0.25) is 4.79 Å². The molecule has 136 valence electrons. The topological polar surface area (TPSA) is 54.5 Å². The van der Waals surface area contributed by atoms with E-state index in [4.69, 9.17) is 4.74 Å². The van der Waals surface area contributed by atoms with Crippen molar-refractivity contribution >= 4 is 17.4 Å². The Morgan fingerprint density at radius 3 is 2.44 bits per heavy atom. The highest BCUT2D eigenvalue weighted by molar-refractivity contribution is 6.04. The van der Waals surface area contributed by atoms with E-state index in [1.165, 1.54) is 12.8 Å². The standard InChI is InChI=1S/C22H21N3O2/c26-22(24-18-11-12-21(23-16-18)25-13-4-5-14-25)17-7-6-10-20(15-17)27-19-8-2-1-3-9-19/h1-3,6-12,15-16H,4-5,13-14H2,(H,24,26). The Bertz CT molecular complexity index is 904. The van der Waals surface area contributed by atoms with Crippen molar-refractivity contribution in [2.75, 3.05) is 23.3 Å². The largest absolute Gasteiger partial charge is 0.457 e. The van der Waals surface area contributed by atoms with Crippen molar-refractivity contribution in [1.82, 2.24) is 4.98 Å². The Balaban J connectivity index is 1.42. The molecule has 1 fully saturated rings. The number of amides is 1. The molecule has 0 radical (unpaired) electrons. The van der Waals surface area contributed by atoms with Gasteiger partial charge in [0, 0.05) is 18.7 Å². The lowest BCUT2D eigenvalue weighted by atomic mass is 10.2. The van der Waals surface area contributed by atoms with E-state index in [2.05, 4.69) is 15.2 Å². The van der Waals surface area contributed by atoms with Crippen molar-refractivity contribution in [3.05, 3.63) is 78.5 Å². The summed E-state index contributed by atoms with van der Waals surface area (Å²) in [4.78, 5) is 19.3. The number of carbonyl (C=O) groups is 1. The number of hydrogen-bond acceptors (Lipinski definition) is 4. The van der Waals surface area contributed by atoms with E-state index in [-0.39, 0.29) is 5.91 Å². The van der Waals surface area contributed by atoms with E-state index in [1.54, 1.807) is 18.3 Å². The van der Waals surface area contributed by atoms with Crippen LogP contribution in [0.25, 0.3) is 0 Å². The molecule has 0 bridgehead atoms. The summed E-state index contributed by atoms with van der Waals surface area (Å²) in [7, 11) is 0. The first-order chi connectivity index (χ1) is 13.3. The number of rotatable bonds is 5. The Morgan fingerprint density at radius 1 is 0.926 bits per heavy atom. The van der Waals surface area contributed by atoms with E-state index in [1.807, 2.05) is 54.6 Å². The van der Waals surface area contributed by atoms with Gasteiger partial charge < -0.3 is 15.0 Å². The van der Waals surface area contributed by atoms with E-state index in [9.17, 15) is 4.79 Å². The van der Waals surface area contributed by atoms with Crippen LogP contribution in [-0.2, 0) is 0 Å². The predicted molar refractivity (Wildman–Crippen MR) is 107 cm³/mol. The molecule has 0 atom stereocenters. The van der Waals surface area contributed by atoms with E-state index >= 15 is 0 Å². The minimum Gasteiger partial charge on any atom is -0.457 e. The molecule has 3 aromatic rings. The second-order valence-electron chi connectivity index (χ2n) is 6.50. The fourth-order valence-electron chi connectivity index (χ4n) is 3.12. The molecule has 2 heterocycles. The lowest BCUT2D eigenvalue weighted by Crippen LogP contribution is -2.19.